The van der Waals surface area contributed by atoms with Crippen LogP contribution in [0.2, 0.25) is 0 Å². The summed E-state index contributed by atoms with van der Waals surface area (Å²) >= 11 is 0. The Morgan fingerprint density at radius 1 is 1.35 bits per heavy atom. The molecule has 0 aromatic carbocycles. The van der Waals surface area contributed by atoms with Crippen LogP contribution in [0, 0.1) is 5.92 Å². The van der Waals surface area contributed by atoms with E-state index in [2.05, 4.69) is 11.6 Å². The van der Waals surface area contributed by atoms with E-state index < -0.39 is 20.3 Å². The zero-order valence-electron chi connectivity index (χ0n) is 11.4. The zero-order chi connectivity index (χ0) is 13.3. The maximum Gasteiger partial charge on any atom is 0.217 e. The van der Waals surface area contributed by atoms with Crippen molar-refractivity contribution in [2.24, 2.45) is 11.7 Å². The van der Waals surface area contributed by atoms with E-state index in [-0.39, 0.29) is 0 Å². The standard InChI is InChI=1S/C12H26N2O2S/c1-10-7-5-6-8-12(10,9-13)14-17(15,16)11(2,3)4/h10,14H,5-9,13H2,1-4H3. The maximum absolute atomic E-state index is 12.3. The fourth-order valence-electron chi connectivity index (χ4n) is 2.33. The van der Waals surface area contributed by atoms with Crippen molar-refractivity contribution in [3.8, 4) is 0 Å². The van der Waals surface area contributed by atoms with Gasteiger partial charge in [0.05, 0.1) is 4.75 Å². The minimum Gasteiger partial charge on any atom is -0.329 e. The first kappa shape index (κ1) is 14.9. The van der Waals surface area contributed by atoms with Gasteiger partial charge in [-0.1, -0.05) is 19.8 Å². The molecule has 0 aromatic rings. The van der Waals surface area contributed by atoms with Crippen LogP contribution in [-0.4, -0.2) is 25.2 Å². The van der Waals surface area contributed by atoms with Crippen molar-refractivity contribution in [3.63, 3.8) is 0 Å². The first-order valence-corrected chi connectivity index (χ1v) is 7.86. The Labute approximate surface area is 105 Å². The van der Waals surface area contributed by atoms with Crippen LogP contribution in [0.1, 0.15) is 53.4 Å². The Hall–Kier alpha value is -0.130. The average Bonchev–Trinajstić information content (AvgIpc) is 2.19. The van der Waals surface area contributed by atoms with E-state index in [1.807, 2.05) is 0 Å². The van der Waals surface area contributed by atoms with Gasteiger partial charge in [-0.2, -0.15) is 0 Å². The summed E-state index contributed by atoms with van der Waals surface area (Å²) in [5.41, 5.74) is 5.41. The highest BCUT2D eigenvalue weighted by Gasteiger charge is 2.43. The van der Waals surface area contributed by atoms with Gasteiger partial charge in [-0.15, -0.1) is 0 Å². The molecular weight excluding hydrogens is 236 g/mol. The van der Waals surface area contributed by atoms with Crippen LogP contribution in [0.3, 0.4) is 0 Å². The summed E-state index contributed by atoms with van der Waals surface area (Å²) in [7, 11) is -3.33. The Morgan fingerprint density at radius 2 is 1.94 bits per heavy atom. The molecule has 1 saturated carbocycles. The summed E-state index contributed by atoms with van der Waals surface area (Å²) in [6.07, 6.45) is 4.11. The monoisotopic (exact) mass is 262 g/mol. The molecule has 0 bridgehead atoms. The van der Waals surface area contributed by atoms with E-state index in [0.717, 1.165) is 19.3 Å². The van der Waals surface area contributed by atoms with Gasteiger partial charge in [0.15, 0.2) is 0 Å². The average molecular weight is 262 g/mol. The van der Waals surface area contributed by atoms with Gasteiger partial charge in [0, 0.05) is 12.1 Å². The summed E-state index contributed by atoms with van der Waals surface area (Å²) in [6.45, 7) is 7.62. The quantitative estimate of drug-likeness (QED) is 0.811. The first-order valence-electron chi connectivity index (χ1n) is 6.38. The molecule has 2 atom stereocenters. The topological polar surface area (TPSA) is 72.2 Å². The molecule has 0 aromatic heterocycles. The number of nitrogens with two attached hydrogens (primary N) is 1. The second-order valence-electron chi connectivity index (χ2n) is 6.22. The number of nitrogens with one attached hydrogen (secondary N) is 1. The number of sulfonamides is 1. The molecular formula is C12H26N2O2S. The second kappa shape index (κ2) is 4.86. The molecule has 0 amide bonds. The SMILES string of the molecule is CC1CCCCC1(CN)NS(=O)(=O)C(C)(C)C. The van der Waals surface area contributed by atoms with Crippen molar-refractivity contribution in [2.45, 2.75) is 63.7 Å². The van der Waals surface area contributed by atoms with Gasteiger partial charge >= 0.3 is 0 Å². The fraction of sp³-hybridized carbons (Fsp3) is 1.00. The predicted octanol–water partition coefficient (Wildman–Crippen LogP) is 1.61. The lowest BCUT2D eigenvalue weighted by molar-refractivity contribution is 0.190. The third kappa shape index (κ3) is 3.01. The molecule has 0 radical (unpaired) electrons. The molecule has 5 heteroatoms. The molecule has 4 nitrogen and oxygen atoms in total. The van der Waals surface area contributed by atoms with Crippen LogP contribution in [0.5, 0.6) is 0 Å². The van der Waals surface area contributed by atoms with E-state index in [1.165, 1.54) is 6.42 Å². The normalized spacial score (nSPS) is 31.5. The van der Waals surface area contributed by atoms with Crippen molar-refractivity contribution < 1.29 is 8.42 Å². The molecule has 2 unspecified atom stereocenters. The highest BCUT2D eigenvalue weighted by molar-refractivity contribution is 7.90. The second-order valence-corrected chi connectivity index (χ2v) is 8.66. The number of rotatable bonds is 3. The van der Waals surface area contributed by atoms with Gasteiger partial charge in [-0.05, 0) is 39.5 Å². The highest BCUT2D eigenvalue weighted by Crippen LogP contribution is 2.34. The van der Waals surface area contributed by atoms with E-state index in [4.69, 9.17) is 5.73 Å². The van der Waals surface area contributed by atoms with Crippen molar-refractivity contribution in [2.75, 3.05) is 6.54 Å². The van der Waals surface area contributed by atoms with Crippen LogP contribution in [0.25, 0.3) is 0 Å². The first-order chi connectivity index (χ1) is 7.65. The van der Waals surface area contributed by atoms with Gasteiger partial charge < -0.3 is 5.73 Å². The Bertz CT molecular complexity index is 359. The van der Waals surface area contributed by atoms with Crippen molar-refractivity contribution in [1.82, 2.24) is 4.72 Å². The van der Waals surface area contributed by atoms with Crippen LogP contribution >= 0.6 is 0 Å². The zero-order valence-corrected chi connectivity index (χ0v) is 12.2. The molecule has 102 valence electrons. The molecule has 1 aliphatic rings. The van der Waals surface area contributed by atoms with E-state index in [0.29, 0.717) is 12.5 Å². The van der Waals surface area contributed by atoms with Gasteiger partial charge in [0.1, 0.15) is 0 Å². The largest absolute Gasteiger partial charge is 0.329 e. The molecule has 17 heavy (non-hydrogen) atoms. The third-order valence-corrected chi connectivity index (χ3v) is 6.25. The van der Waals surface area contributed by atoms with Crippen molar-refractivity contribution in [3.05, 3.63) is 0 Å². The van der Waals surface area contributed by atoms with Crippen LogP contribution in [-0.2, 0) is 10.0 Å². The van der Waals surface area contributed by atoms with Crippen LogP contribution in [0.4, 0.5) is 0 Å². The fourth-order valence-corrected chi connectivity index (χ4v) is 3.56. The minimum atomic E-state index is -3.33. The lowest BCUT2D eigenvalue weighted by atomic mass is 9.74. The summed E-state index contributed by atoms with van der Waals surface area (Å²) in [6, 6.07) is 0. The molecule has 0 aliphatic heterocycles. The molecule has 0 heterocycles. The van der Waals surface area contributed by atoms with Crippen molar-refractivity contribution >= 4 is 10.0 Å². The third-order valence-electron chi connectivity index (χ3n) is 3.96. The van der Waals surface area contributed by atoms with Crippen LogP contribution in [0.15, 0.2) is 0 Å². The predicted molar refractivity (Wildman–Crippen MR) is 71.2 cm³/mol. The summed E-state index contributed by atoms with van der Waals surface area (Å²) in [5, 5.41) is 0. The maximum atomic E-state index is 12.3. The molecule has 3 N–H and O–H groups in total. The number of hydrogen-bond acceptors (Lipinski definition) is 3. The lowest BCUT2D eigenvalue weighted by Gasteiger charge is -2.43. The molecule has 1 rings (SSSR count). The van der Waals surface area contributed by atoms with Gasteiger partial charge in [0.25, 0.3) is 0 Å². The summed E-state index contributed by atoms with van der Waals surface area (Å²) in [4.78, 5) is 0. The van der Waals surface area contributed by atoms with Gasteiger partial charge in [-0.25, -0.2) is 13.1 Å². The Balaban J connectivity index is 2.97. The van der Waals surface area contributed by atoms with Crippen molar-refractivity contribution in [1.29, 1.82) is 0 Å². The van der Waals surface area contributed by atoms with E-state index in [1.54, 1.807) is 20.8 Å². The summed E-state index contributed by atoms with van der Waals surface area (Å²) in [5.74, 6) is 0.304. The Kier molecular flexibility index (Phi) is 4.27. The van der Waals surface area contributed by atoms with Gasteiger partial charge in [-0.3, -0.25) is 0 Å². The lowest BCUT2D eigenvalue weighted by Crippen LogP contribution is -2.61. The molecule has 1 fully saturated rings. The van der Waals surface area contributed by atoms with Gasteiger partial charge in [0.2, 0.25) is 10.0 Å². The smallest absolute Gasteiger partial charge is 0.217 e. The van der Waals surface area contributed by atoms with E-state index in [9.17, 15) is 8.42 Å². The molecule has 0 spiro atoms. The minimum absolute atomic E-state index is 0.304. The number of hydrogen-bond donors (Lipinski definition) is 2. The van der Waals surface area contributed by atoms with Crippen LogP contribution < -0.4 is 10.5 Å². The highest BCUT2D eigenvalue weighted by atomic mass is 32.2. The molecule has 1 aliphatic carbocycles. The van der Waals surface area contributed by atoms with E-state index >= 15 is 0 Å². The molecule has 0 saturated heterocycles. The Morgan fingerprint density at radius 3 is 2.35 bits per heavy atom. The summed E-state index contributed by atoms with van der Waals surface area (Å²) < 4.78 is 26.6.